The van der Waals surface area contributed by atoms with Crippen LogP contribution in [0.1, 0.15) is 25.3 Å². The van der Waals surface area contributed by atoms with Gasteiger partial charge in [-0.1, -0.05) is 13.8 Å². The van der Waals surface area contributed by atoms with Gasteiger partial charge in [0.2, 0.25) is 5.95 Å². The molecule has 0 aromatic carbocycles. The minimum Gasteiger partial charge on any atom is -0.282 e. The van der Waals surface area contributed by atoms with E-state index >= 15 is 0 Å². The third kappa shape index (κ3) is 1.09. The minimum atomic E-state index is -0.384. The van der Waals surface area contributed by atoms with Crippen molar-refractivity contribution in [1.82, 2.24) is 10.2 Å². The molecule has 1 heterocycles. The van der Waals surface area contributed by atoms with Gasteiger partial charge < -0.3 is 0 Å². The second-order valence-corrected chi connectivity index (χ2v) is 2.29. The summed E-state index contributed by atoms with van der Waals surface area (Å²) < 4.78 is 12.5. The fourth-order valence-electron chi connectivity index (χ4n) is 0.687. The van der Waals surface area contributed by atoms with Gasteiger partial charge in [0.05, 0.1) is 0 Å². The largest absolute Gasteiger partial charge is 0.282 e. The molecule has 0 atom stereocenters. The first-order chi connectivity index (χ1) is 4.22. The Morgan fingerprint density at radius 2 is 2.33 bits per heavy atom. The molecular formula is C6H9FN2. The molecule has 0 aliphatic rings. The fourth-order valence-corrected chi connectivity index (χ4v) is 0.687. The summed E-state index contributed by atoms with van der Waals surface area (Å²) in [6.45, 7) is 3.85. The van der Waals surface area contributed by atoms with Gasteiger partial charge in [-0.3, -0.25) is 5.10 Å². The molecule has 0 saturated carbocycles. The molecule has 1 rings (SSSR count). The Balaban J connectivity index is 2.94. The summed E-state index contributed by atoms with van der Waals surface area (Å²) in [6, 6.07) is 0. The monoisotopic (exact) mass is 128 g/mol. The number of halogens is 1. The number of nitrogens with zero attached hydrogens (tertiary/aromatic N) is 1. The van der Waals surface area contributed by atoms with Crippen molar-refractivity contribution >= 4 is 0 Å². The topological polar surface area (TPSA) is 28.7 Å². The van der Waals surface area contributed by atoms with E-state index in [-0.39, 0.29) is 11.9 Å². The quantitative estimate of drug-likeness (QED) is 0.612. The Labute approximate surface area is 53.1 Å². The smallest absolute Gasteiger partial charge is 0.235 e. The van der Waals surface area contributed by atoms with Crippen molar-refractivity contribution in [1.29, 1.82) is 0 Å². The molecule has 1 aromatic heterocycles. The zero-order valence-corrected chi connectivity index (χ0v) is 5.48. The van der Waals surface area contributed by atoms with Crippen LogP contribution in [0.25, 0.3) is 0 Å². The van der Waals surface area contributed by atoms with Crippen LogP contribution in [0.15, 0.2) is 6.20 Å². The highest BCUT2D eigenvalue weighted by atomic mass is 19.1. The number of hydrogen-bond acceptors (Lipinski definition) is 1. The number of aromatic amines is 1. The summed E-state index contributed by atoms with van der Waals surface area (Å²) in [5.74, 6) is -0.172. The summed E-state index contributed by atoms with van der Waals surface area (Å²) in [7, 11) is 0. The molecular weight excluding hydrogens is 119 g/mol. The van der Waals surface area contributed by atoms with Crippen molar-refractivity contribution in [3.63, 3.8) is 0 Å². The summed E-state index contributed by atoms with van der Waals surface area (Å²) in [5, 5.41) is 5.80. The molecule has 2 nitrogen and oxygen atoms in total. The summed E-state index contributed by atoms with van der Waals surface area (Å²) in [4.78, 5) is 0. The van der Waals surface area contributed by atoms with E-state index in [0.717, 1.165) is 0 Å². The lowest BCUT2D eigenvalue weighted by Gasteiger charge is -1.96. The summed E-state index contributed by atoms with van der Waals surface area (Å²) in [6.07, 6.45) is 1.58. The van der Waals surface area contributed by atoms with E-state index in [1.165, 1.54) is 0 Å². The molecule has 3 heteroatoms. The molecule has 0 aliphatic heterocycles. The van der Waals surface area contributed by atoms with Crippen molar-refractivity contribution < 1.29 is 4.39 Å². The van der Waals surface area contributed by atoms with Crippen molar-refractivity contribution in [2.45, 2.75) is 19.8 Å². The fraction of sp³-hybridized carbons (Fsp3) is 0.500. The third-order valence-corrected chi connectivity index (χ3v) is 1.24. The van der Waals surface area contributed by atoms with Crippen LogP contribution in [0.2, 0.25) is 0 Å². The van der Waals surface area contributed by atoms with Gasteiger partial charge in [0.15, 0.2) is 0 Å². The number of hydrogen-bond donors (Lipinski definition) is 1. The van der Waals surface area contributed by atoms with Gasteiger partial charge in [0.25, 0.3) is 0 Å². The maximum Gasteiger partial charge on any atom is 0.235 e. The summed E-state index contributed by atoms with van der Waals surface area (Å²) >= 11 is 0. The molecule has 0 amide bonds. The van der Waals surface area contributed by atoms with Crippen molar-refractivity contribution in [2.75, 3.05) is 0 Å². The first kappa shape index (κ1) is 6.26. The average molecular weight is 128 g/mol. The highest BCUT2D eigenvalue weighted by molar-refractivity contribution is 5.09. The molecule has 0 saturated heterocycles. The normalized spacial score (nSPS) is 10.7. The van der Waals surface area contributed by atoms with Crippen molar-refractivity contribution in [3.05, 3.63) is 17.7 Å². The second-order valence-electron chi connectivity index (χ2n) is 2.29. The first-order valence-corrected chi connectivity index (χ1v) is 2.91. The van der Waals surface area contributed by atoms with Gasteiger partial charge in [-0.05, 0) is 5.92 Å². The molecule has 0 fully saturated rings. The Bertz CT molecular complexity index is 193. The molecule has 0 aliphatic carbocycles. The van der Waals surface area contributed by atoms with E-state index in [2.05, 4.69) is 10.2 Å². The predicted octanol–water partition coefficient (Wildman–Crippen LogP) is 1.67. The Hall–Kier alpha value is -0.860. The standard InChI is InChI=1S/C6H9FN2/c1-4(2)5-3-8-9-6(5)7/h3-4H,1-2H3,(H,8,9). The van der Waals surface area contributed by atoms with Crippen molar-refractivity contribution in [3.8, 4) is 0 Å². The zero-order chi connectivity index (χ0) is 6.85. The number of rotatable bonds is 1. The maximum atomic E-state index is 12.5. The van der Waals surface area contributed by atoms with Gasteiger partial charge in [0, 0.05) is 11.8 Å². The maximum absolute atomic E-state index is 12.5. The van der Waals surface area contributed by atoms with Crippen molar-refractivity contribution in [2.24, 2.45) is 0 Å². The van der Waals surface area contributed by atoms with E-state index in [1.54, 1.807) is 6.20 Å². The molecule has 1 N–H and O–H groups in total. The van der Waals surface area contributed by atoms with Crippen LogP contribution in [0.4, 0.5) is 4.39 Å². The van der Waals surface area contributed by atoms with Gasteiger partial charge in [-0.25, -0.2) is 0 Å². The van der Waals surface area contributed by atoms with E-state index in [9.17, 15) is 4.39 Å². The lowest BCUT2D eigenvalue weighted by Crippen LogP contribution is -1.87. The highest BCUT2D eigenvalue weighted by Crippen LogP contribution is 2.14. The van der Waals surface area contributed by atoms with Crippen LogP contribution in [0.5, 0.6) is 0 Å². The van der Waals surface area contributed by atoms with Gasteiger partial charge in [-0.2, -0.15) is 4.39 Å². The molecule has 1 aromatic rings. The van der Waals surface area contributed by atoms with Gasteiger partial charge >= 0.3 is 0 Å². The van der Waals surface area contributed by atoms with Gasteiger partial charge in [-0.15, -0.1) is 5.10 Å². The average Bonchev–Trinajstić information content (AvgIpc) is 2.13. The van der Waals surface area contributed by atoms with Crippen LogP contribution < -0.4 is 0 Å². The molecule has 0 unspecified atom stereocenters. The third-order valence-electron chi connectivity index (χ3n) is 1.24. The Morgan fingerprint density at radius 1 is 1.67 bits per heavy atom. The SMILES string of the molecule is CC(C)c1c[nH]nc1F. The van der Waals surface area contributed by atoms with E-state index < -0.39 is 0 Å². The summed E-state index contributed by atoms with van der Waals surface area (Å²) in [5.41, 5.74) is 0.648. The van der Waals surface area contributed by atoms with Crippen LogP contribution >= 0.6 is 0 Å². The molecule has 0 bridgehead atoms. The lowest BCUT2D eigenvalue weighted by molar-refractivity contribution is 0.558. The van der Waals surface area contributed by atoms with Crippen LogP contribution in [-0.2, 0) is 0 Å². The van der Waals surface area contributed by atoms with Gasteiger partial charge in [0.1, 0.15) is 0 Å². The zero-order valence-electron chi connectivity index (χ0n) is 5.48. The molecule has 50 valence electrons. The molecule has 0 radical (unpaired) electrons. The molecule has 0 spiro atoms. The Morgan fingerprint density at radius 3 is 2.56 bits per heavy atom. The van der Waals surface area contributed by atoms with Crippen LogP contribution in [0.3, 0.4) is 0 Å². The number of nitrogens with one attached hydrogen (secondary N) is 1. The first-order valence-electron chi connectivity index (χ1n) is 2.91. The molecule has 9 heavy (non-hydrogen) atoms. The minimum absolute atomic E-state index is 0.212. The van der Waals surface area contributed by atoms with E-state index in [4.69, 9.17) is 0 Å². The number of aromatic nitrogens is 2. The highest BCUT2D eigenvalue weighted by Gasteiger charge is 2.06. The van der Waals surface area contributed by atoms with E-state index in [0.29, 0.717) is 5.56 Å². The predicted molar refractivity (Wildman–Crippen MR) is 32.6 cm³/mol. The van der Waals surface area contributed by atoms with E-state index in [1.807, 2.05) is 13.8 Å². The Kier molecular flexibility index (Phi) is 1.51. The van der Waals surface area contributed by atoms with Crippen LogP contribution in [0, 0.1) is 5.95 Å². The lowest BCUT2D eigenvalue weighted by atomic mass is 10.1. The number of H-pyrrole nitrogens is 1. The second kappa shape index (κ2) is 2.17. The van der Waals surface area contributed by atoms with Crippen LogP contribution in [-0.4, -0.2) is 10.2 Å².